The van der Waals surface area contributed by atoms with Crippen molar-refractivity contribution in [3.63, 3.8) is 0 Å². The lowest BCUT2D eigenvalue weighted by molar-refractivity contribution is 0.0844. The number of carbonyl (C=O) groups excluding carboxylic acids is 2. The third-order valence-corrected chi connectivity index (χ3v) is 7.43. The largest absolute Gasteiger partial charge is 0.296 e. The van der Waals surface area contributed by atoms with Gasteiger partial charge in [0.1, 0.15) is 5.69 Å². The summed E-state index contributed by atoms with van der Waals surface area (Å²) in [4.78, 5) is 30.6. The highest BCUT2D eigenvalue weighted by Crippen LogP contribution is 2.19. The van der Waals surface area contributed by atoms with Crippen molar-refractivity contribution < 1.29 is 18.0 Å². The Morgan fingerprint density at radius 1 is 0.794 bits per heavy atom. The van der Waals surface area contributed by atoms with Gasteiger partial charge in [0.05, 0.1) is 4.90 Å². The van der Waals surface area contributed by atoms with E-state index in [9.17, 15) is 18.0 Å². The number of pyridine rings is 1. The van der Waals surface area contributed by atoms with E-state index in [1.807, 2.05) is 18.2 Å². The Kier molecular flexibility index (Phi) is 7.31. The number of rotatable bonds is 6. The second-order valence-corrected chi connectivity index (χ2v) is 9.75. The molecule has 4 rings (SSSR count). The summed E-state index contributed by atoms with van der Waals surface area (Å²) in [7, 11) is -3.67. The van der Waals surface area contributed by atoms with Crippen molar-refractivity contribution in [2.75, 3.05) is 26.2 Å². The van der Waals surface area contributed by atoms with Gasteiger partial charge in [-0.25, -0.2) is 8.42 Å². The third-order valence-electron chi connectivity index (χ3n) is 5.52. The SMILES string of the molecule is O=C(NNC(=O)c1ccccn1)c1ccc(S(=O)(=O)N2CCN(Cc3ccccc3)CC2)cc1. The minimum absolute atomic E-state index is 0.123. The van der Waals surface area contributed by atoms with Gasteiger partial charge in [-0.1, -0.05) is 36.4 Å². The Balaban J connectivity index is 1.32. The average Bonchev–Trinajstić information content (AvgIpc) is 2.88. The number of nitrogens with zero attached hydrogens (tertiary/aromatic N) is 3. The summed E-state index contributed by atoms with van der Waals surface area (Å²) in [6.07, 6.45) is 1.47. The monoisotopic (exact) mass is 479 g/mol. The smallest absolute Gasteiger partial charge is 0.288 e. The van der Waals surface area contributed by atoms with E-state index in [2.05, 4.69) is 32.9 Å². The van der Waals surface area contributed by atoms with E-state index in [1.54, 1.807) is 12.1 Å². The first-order valence-electron chi connectivity index (χ1n) is 10.8. The zero-order chi connectivity index (χ0) is 24.0. The second-order valence-electron chi connectivity index (χ2n) is 7.81. The van der Waals surface area contributed by atoms with Gasteiger partial charge in [-0.2, -0.15) is 4.31 Å². The van der Waals surface area contributed by atoms with Crippen molar-refractivity contribution in [3.05, 3.63) is 95.8 Å². The maximum Gasteiger partial charge on any atom is 0.288 e. The van der Waals surface area contributed by atoms with Crippen molar-refractivity contribution in [1.29, 1.82) is 0 Å². The van der Waals surface area contributed by atoms with E-state index in [0.29, 0.717) is 26.2 Å². The number of piperazine rings is 1. The van der Waals surface area contributed by atoms with Gasteiger partial charge in [-0.3, -0.25) is 30.3 Å². The van der Waals surface area contributed by atoms with E-state index in [-0.39, 0.29) is 16.2 Å². The van der Waals surface area contributed by atoms with Crippen molar-refractivity contribution >= 4 is 21.8 Å². The molecule has 2 N–H and O–H groups in total. The van der Waals surface area contributed by atoms with Gasteiger partial charge in [0.15, 0.2) is 0 Å². The summed E-state index contributed by atoms with van der Waals surface area (Å²) in [5.74, 6) is -1.12. The van der Waals surface area contributed by atoms with E-state index < -0.39 is 21.8 Å². The molecule has 3 aromatic rings. The molecule has 2 heterocycles. The summed E-state index contributed by atoms with van der Waals surface area (Å²) >= 11 is 0. The van der Waals surface area contributed by atoms with Crippen LogP contribution in [0.1, 0.15) is 26.4 Å². The number of nitrogens with one attached hydrogen (secondary N) is 2. The van der Waals surface area contributed by atoms with Gasteiger partial charge in [0, 0.05) is 44.5 Å². The van der Waals surface area contributed by atoms with Crippen LogP contribution in [0.5, 0.6) is 0 Å². The molecule has 0 radical (unpaired) electrons. The fraction of sp³-hybridized carbons (Fsp3) is 0.208. The molecule has 1 saturated heterocycles. The first-order valence-corrected chi connectivity index (χ1v) is 12.3. The number of amides is 2. The first-order chi connectivity index (χ1) is 16.4. The van der Waals surface area contributed by atoms with Gasteiger partial charge in [0.25, 0.3) is 11.8 Å². The van der Waals surface area contributed by atoms with Crippen molar-refractivity contribution in [2.45, 2.75) is 11.4 Å². The van der Waals surface area contributed by atoms with E-state index in [1.165, 1.54) is 46.4 Å². The molecule has 1 aromatic heterocycles. The lowest BCUT2D eigenvalue weighted by Gasteiger charge is -2.34. The molecule has 0 spiro atoms. The molecule has 1 aliphatic rings. The Bertz CT molecular complexity index is 1230. The van der Waals surface area contributed by atoms with Crippen molar-refractivity contribution in [2.24, 2.45) is 0 Å². The van der Waals surface area contributed by atoms with Gasteiger partial charge in [-0.05, 0) is 42.0 Å². The number of aromatic nitrogens is 1. The predicted octanol–water partition coefficient (Wildman–Crippen LogP) is 1.66. The molecule has 2 amide bonds. The minimum Gasteiger partial charge on any atom is -0.296 e. The van der Waals surface area contributed by atoms with Gasteiger partial charge >= 0.3 is 0 Å². The second kappa shape index (κ2) is 10.6. The predicted molar refractivity (Wildman–Crippen MR) is 126 cm³/mol. The normalized spacial score (nSPS) is 14.9. The Morgan fingerprint density at radius 2 is 1.44 bits per heavy atom. The molecule has 1 aliphatic heterocycles. The van der Waals surface area contributed by atoms with Crippen LogP contribution >= 0.6 is 0 Å². The van der Waals surface area contributed by atoms with Crippen LogP contribution in [0.25, 0.3) is 0 Å². The van der Waals surface area contributed by atoms with Crippen LogP contribution in [-0.4, -0.2) is 60.6 Å². The fourth-order valence-electron chi connectivity index (χ4n) is 3.64. The Labute approximate surface area is 198 Å². The number of hydrogen-bond donors (Lipinski definition) is 2. The number of sulfonamides is 1. The first kappa shape index (κ1) is 23.6. The topological polar surface area (TPSA) is 112 Å². The van der Waals surface area contributed by atoms with Crippen LogP contribution in [0.15, 0.2) is 83.9 Å². The minimum atomic E-state index is -3.67. The van der Waals surface area contributed by atoms with Crippen molar-refractivity contribution in [3.8, 4) is 0 Å². The summed E-state index contributed by atoms with van der Waals surface area (Å²) in [5.41, 5.74) is 6.16. The number of benzene rings is 2. The maximum atomic E-state index is 13.0. The van der Waals surface area contributed by atoms with Crippen molar-refractivity contribution in [1.82, 2.24) is 25.0 Å². The zero-order valence-electron chi connectivity index (χ0n) is 18.4. The molecule has 0 unspecified atom stereocenters. The molecule has 0 saturated carbocycles. The van der Waals surface area contributed by atoms with E-state index in [0.717, 1.165) is 6.54 Å². The fourth-order valence-corrected chi connectivity index (χ4v) is 5.07. The molecule has 0 atom stereocenters. The molecule has 9 nitrogen and oxygen atoms in total. The van der Waals surface area contributed by atoms with Crippen LogP contribution < -0.4 is 10.9 Å². The summed E-state index contributed by atoms with van der Waals surface area (Å²) in [6, 6.07) is 20.6. The number of carbonyl (C=O) groups is 2. The molecule has 0 bridgehead atoms. The maximum absolute atomic E-state index is 13.0. The molecule has 1 fully saturated rings. The van der Waals surface area contributed by atoms with E-state index in [4.69, 9.17) is 0 Å². The van der Waals surface area contributed by atoms with Gasteiger partial charge < -0.3 is 0 Å². The summed E-state index contributed by atoms with van der Waals surface area (Å²) in [5, 5.41) is 0. The van der Waals surface area contributed by atoms with Crippen LogP contribution in [-0.2, 0) is 16.6 Å². The highest BCUT2D eigenvalue weighted by atomic mass is 32.2. The zero-order valence-corrected chi connectivity index (χ0v) is 19.2. The molecule has 2 aromatic carbocycles. The number of hydrogen-bond acceptors (Lipinski definition) is 6. The highest BCUT2D eigenvalue weighted by Gasteiger charge is 2.28. The standard InChI is InChI=1S/C24H25N5O4S/c30-23(26-27-24(31)22-8-4-5-13-25-22)20-9-11-21(12-10-20)34(32,33)29-16-14-28(15-17-29)18-19-6-2-1-3-7-19/h1-13H,14-18H2,(H,26,30)(H,27,31). The molecule has 10 heteroatoms. The molecule has 34 heavy (non-hydrogen) atoms. The lowest BCUT2D eigenvalue weighted by Crippen LogP contribution is -2.48. The number of hydrazine groups is 1. The van der Waals surface area contributed by atoms with Gasteiger partial charge in [-0.15, -0.1) is 0 Å². The lowest BCUT2D eigenvalue weighted by atomic mass is 10.2. The molecule has 176 valence electrons. The molecule has 0 aliphatic carbocycles. The highest BCUT2D eigenvalue weighted by molar-refractivity contribution is 7.89. The average molecular weight is 480 g/mol. The third kappa shape index (κ3) is 5.66. The Morgan fingerprint density at radius 3 is 2.09 bits per heavy atom. The van der Waals surface area contributed by atoms with Crippen LogP contribution in [0.3, 0.4) is 0 Å². The van der Waals surface area contributed by atoms with Crippen LogP contribution in [0.2, 0.25) is 0 Å². The summed E-state index contributed by atoms with van der Waals surface area (Å²) in [6.45, 7) is 2.87. The Hall–Kier alpha value is -3.60. The van der Waals surface area contributed by atoms with E-state index >= 15 is 0 Å². The quantitative estimate of drug-likeness (QED) is 0.520. The van der Waals surface area contributed by atoms with Crippen LogP contribution in [0.4, 0.5) is 0 Å². The molecular formula is C24H25N5O4S. The van der Waals surface area contributed by atoms with Gasteiger partial charge in [0.2, 0.25) is 10.0 Å². The van der Waals surface area contributed by atoms with Crippen LogP contribution in [0, 0.1) is 0 Å². The summed E-state index contributed by atoms with van der Waals surface area (Å²) < 4.78 is 27.6. The molecular weight excluding hydrogens is 454 g/mol.